The lowest BCUT2D eigenvalue weighted by Gasteiger charge is -2.29. The van der Waals surface area contributed by atoms with Crippen LogP contribution in [0.3, 0.4) is 0 Å². The van der Waals surface area contributed by atoms with Gasteiger partial charge in [0.25, 0.3) is 0 Å². The van der Waals surface area contributed by atoms with E-state index in [1.165, 1.54) is 11.1 Å². The Morgan fingerprint density at radius 3 is 2.73 bits per heavy atom. The van der Waals surface area contributed by atoms with Crippen LogP contribution in [0, 0.1) is 11.8 Å². The summed E-state index contributed by atoms with van der Waals surface area (Å²) in [6.07, 6.45) is 2.54. The van der Waals surface area contributed by atoms with Crippen molar-refractivity contribution >= 4 is 11.8 Å². The standard InChI is InChI=1S/C18H24N2O2/c1-3-12(2)19-17(21)15-10-16(15)18(22)20-9-8-13-6-4-5-7-14(13)11-20/h4-7,12,15-16H,3,8-11H2,1-2H3,(H,19,21). The first-order valence-corrected chi connectivity index (χ1v) is 8.26. The van der Waals surface area contributed by atoms with E-state index in [4.69, 9.17) is 0 Å². The van der Waals surface area contributed by atoms with Gasteiger partial charge in [0.2, 0.25) is 11.8 Å². The highest BCUT2D eigenvalue weighted by atomic mass is 16.2. The molecule has 118 valence electrons. The van der Waals surface area contributed by atoms with Gasteiger partial charge in [0.05, 0.1) is 11.8 Å². The molecule has 0 aromatic heterocycles. The SMILES string of the molecule is CCC(C)NC(=O)C1CC1C(=O)N1CCc2ccccc2C1. The van der Waals surface area contributed by atoms with Gasteiger partial charge in [-0.05, 0) is 37.3 Å². The van der Waals surface area contributed by atoms with Gasteiger partial charge in [-0.1, -0.05) is 31.2 Å². The first-order chi connectivity index (χ1) is 10.6. The summed E-state index contributed by atoms with van der Waals surface area (Å²) in [6, 6.07) is 8.48. The normalized spacial score (nSPS) is 24.4. The number of amides is 2. The Balaban J connectivity index is 1.57. The minimum Gasteiger partial charge on any atom is -0.353 e. The van der Waals surface area contributed by atoms with E-state index >= 15 is 0 Å². The van der Waals surface area contributed by atoms with Gasteiger partial charge < -0.3 is 10.2 Å². The van der Waals surface area contributed by atoms with E-state index in [0.29, 0.717) is 13.0 Å². The number of hydrogen-bond acceptors (Lipinski definition) is 2. The minimum absolute atomic E-state index is 0.0464. The molecule has 3 atom stereocenters. The van der Waals surface area contributed by atoms with Crippen LogP contribution in [0.2, 0.25) is 0 Å². The van der Waals surface area contributed by atoms with E-state index in [1.807, 2.05) is 30.9 Å². The van der Waals surface area contributed by atoms with E-state index < -0.39 is 0 Å². The first-order valence-electron chi connectivity index (χ1n) is 8.26. The lowest BCUT2D eigenvalue weighted by Crippen LogP contribution is -2.39. The summed E-state index contributed by atoms with van der Waals surface area (Å²) in [4.78, 5) is 26.6. The molecule has 1 aliphatic carbocycles. The average Bonchev–Trinajstić information content (AvgIpc) is 3.34. The number of hydrogen-bond donors (Lipinski definition) is 1. The van der Waals surface area contributed by atoms with Crippen molar-refractivity contribution in [1.29, 1.82) is 0 Å². The summed E-state index contributed by atoms with van der Waals surface area (Å²) in [5.74, 6) is -0.0168. The third-order valence-corrected chi connectivity index (χ3v) is 4.89. The maximum absolute atomic E-state index is 12.6. The smallest absolute Gasteiger partial charge is 0.226 e. The number of carbonyl (C=O) groups excluding carboxylic acids is 2. The second kappa shape index (κ2) is 6.11. The van der Waals surface area contributed by atoms with E-state index in [9.17, 15) is 9.59 Å². The van der Waals surface area contributed by atoms with Gasteiger partial charge in [0, 0.05) is 19.1 Å². The van der Waals surface area contributed by atoms with Crippen LogP contribution >= 0.6 is 0 Å². The summed E-state index contributed by atoms with van der Waals surface area (Å²) in [5, 5.41) is 2.99. The Bertz CT molecular complexity index is 584. The largest absolute Gasteiger partial charge is 0.353 e. The fourth-order valence-electron chi connectivity index (χ4n) is 3.13. The lowest BCUT2D eigenvalue weighted by atomic mass is 9.99. The van der Waals surface area contributed by atoms with Gasteiger partial charge in [-0.3, -0.25) is 9.59 Å². The Kier molecular flexibility index (Phi) is 4.19. The zero-order chi connectivity index (χ0) is 15.7. The molecule has 1 N–H and O–H groups in total. The summed E-state index contributed by atoms with van der Waals surface area (Å²) < 4.78 is 0. The molecule has 0 saturated heterocycles. The van der Waals surface area contributed by atoms with Crippen LogP contribution in [-0.4, -0.2) is 29.3 Å². The molecule has 2 aliphatic rings. The molecule has 1 saturated carbocycles. The van der Waals surface area contributed by atoms with Crippen LogP contribution in [-0.2, 0) is 22.6 Å². The van der Waals surface area contributed by atoms with Crippen molar-refractivity contribution in [2.75, 3.05) is 6.54 Å². The molecule has 4 nitrogen and oxygen atoms in total. The quantitative estimate of drug-likeness (QED) is 0.926. The van der Waals surface area contributed by atoms with Gasteiger partial charge in [0.1, 0.15) is 0 Å². The fourth-order valence-corrected chi connectivity index (χ4v) is 3.13. The molecule has 1 aliphatic heterocycles. The van der Waals surface area contributed by atoms with Crippen LogP contribution in [0.25, 0.3) is 0 Å². The molecule has 1 aromatic carbocycles. The highest BCUT2D eigenvalue weighted by Gasteiger charge is 2.49. The molecular formula is C18H24N2O2. The second-order valence-electron chi connectivity index (χ2n) is 6.55. The summed E-state index contributed by atoms with van der Waals surface area (Å²) in [6.45, 7) is 5.50. The number of fused-ring (bicyclic) bond motifs is 1. The Labute approximate surface area is 131 Å². The number of rotatable bonds is 4. The van der Waals surface area contributed by atoms with Crippen molar-refractivity contribution in [3.63, 3.8) is 0 Å². The summed E-state index contributed by atoms with van der Waals surface area (Å²) >= 11 is 0. The second-order valence-corrected chi connectivity index (χ2v) is 6.55. The van der Waals surface area contributed by atoms with Gasteiger partial charge in [-0.25, -0.2) is 0 Å². The van der Waals surface area contributed by atoms with Crippen molar-refractivity contribution in [1.82, 2.24) is 10.2 Å². The molecule has 3 rings (SSSR count). The topological polar surface area (TPSA) is 49.4 Å². The molecule has 22 heavy (non-hydrogen) atoms. The van der Waals surface area contributed by atoms with Crippen LogP contribution in [0.4, 0.5) is 0 Å². The number of benzene rings is 1. The molecule has 0 spiro atoms. The molecule has 0 bridgehead atoms. The Hall–Kier alpha value is -1.84. The molecule has 0 radical (unpaired) electrons. The van der Waals surface area contributed by atoms with Gasteiger partial charge in [-0.2, -0.15) is 0 Å². The monoisotopic (exact) mass is 300 g/mol. The Morgan fingerprint density at radius 1 is 1.27 bits per heavy atom. The van der Waals surface area contributed by atoms with Crippen LogP contribution in [0.15, 0.2) is 24.3 Å². The molecule has 1 aromatic rings. The highest BCUT2D eigenvalue weighted by molar-refractivity contribution is 5.92. The van der Waals surface area contributed by atoms with Gasteiger partial charge in [0.15, 0.2) is 0 Å². The van der Waals surface area contributed by atoms with Crippen molar-refractivity contribution in [3.8, 4) is 0 Å². The Morgan fingerprint density at radius 2 is 2.00 bits per heavy atom. The molecule has 3 unspecified atom stereocenters. The molecule has 2 amide bonds. The fraction of sp³-hybridized carbons (Fsp3) is 0.556. The van der Waals surface area contributed by atoms with Crippen LogP contribution in [0.1, 0.15) is 37.8 Å². The zero-order valence-corrected chi connectivity index (χ0v) is 13.3. The van der Waals surface area contributed by atoms with E-state index in [-0.39, 0.29) is 29.7 Å². The number of nitrogens with zero attached hydrogens (tertiary/aromatic N) is 1. The van der Waals surface area contributed by atoms with Crippen molar-refractivity contribution < 1.29 is 9.59 Å². The van der Waals surface area contributed by atoms with Crippen LogP contribution in [0.5, 0.6) is 0 Å². The van der Waals surface area contributed by atoms with Crippen molar-refractivity contribution in [2.45, 2.75) is 45.7 Å². The zero-order valence-electron chi connectivity index (χ0n) is 13.3. The highest BCUT2D eigenvalue weighted by Crippen LogP contribution is 2.41. The van der Waals surface area contributed by atoms with Gasteiger partial charge >= 0.3 is 0 Å². The molecule has 1 heterocycles. The minimum atomic E-state index is -0.112. The maximum atomic E-state index is 12.6. The number of carbonyl (C=O) groups is 2. The first kappa shape index (κ1) is 15.1. The summed E-state index contributed by atoms with van der Waals surface area (Å²) in [5.41, 5.74) is 2.58. The molecular weight excluding hydrogens is 276 g/mol. The molecule has 1 fully saturated rings. The molecule has 4 heteroatoms. The average molecular weight is 300 g/mol. The predicted octanol–water partition coefficient (Wildman–Crippen LogP) is 2.12. The maximum Gasteiger partial charge on any atom is 0.226 e. The van der Waals surface area contributed by atoms with Crippen molar-refractivity contribution in [2.24, 2.45) is 11.8 Å². The van der Waals surface area contributed by atoms with E-state index in [0.717, 1.165) is 19.4 Å². The van der Waals surface area contributed by atoms with Crippen molar-refractivity contribution in [3.05, 3.63) is 35.4 Å². The third kappa shape index (κ3) is 3.01. The van der Waals surface area contributed by atoms with Crippen LogP contribution < -0.4 is 5.32 Å². The predicted molar refractivity (Wildman–Crippen MR) is 85.1 cm³/mol. The third-order valence-electron chi connectivity index (χ3n) is 4.89. The van der Waals surface area contributed by atoms with E-state index in [1.54, 1.807) is 0 Å². The number of nitrogens with one attached hydrogen (secondary N) is 1. The lowest BCUT2D eigenvalue weighted by molar-refractivity contribution is -0.135. The van der Waals surface area contributed by atoms with Gasteiger partial charge in [-0.15, -0.1) is 0 Å². The van der Waals surface area contributed by atoms with E-state index in [2.05, 4.69) is 17.4 Å². The summed E-state index contributed by atoms with van der Waals surface area (Å²) in [7, 11) is 0.